The highest BCUT2D eigenvalue weighted by Gasteiger charge is 2.43. The zero-order valence-corrected chi connectivity index (χ0v) is 16.8. The van der Waals surface area contributed by atoms with Gasteiger partial charge in [-0.1, -0.05) is 36.8 Å². The molecule has 2 saturated heterocycles. The molecule has 0 radical (unpaired) electrons. The number of rotatable bonds is 3. The second-order valence-electron chi connectivity index (χ2n) is 8.02. The molecule has 0 saturated carbocycles. The highest BCUT2D eigenvalue weighted by Crippen LogP contribution is 2.38. The van der Waals surface area contributed by atoms with Gasteiger partial charge >= 0.3 is 0 Å². The second-order valence-corrected chi connectivity index (χ2v) is 8.02. The molecule has 28 heavy (non-hydrogen) atoms. The first-order chi connectivity index (χ1) is 13.7. The maximum Gasteiger partial charge on any atom is 0.254 e. The van der Waals surface area contributed by atoms with Gasteiger partial charge in [0, 0.05) is 37.3 Å². The molecule has 2 aromatic rings. The maximum atomic E-state index is 13.6. The van der Waals surface area contributed by atoms with Crippen LogP contribution in [-0.4, -0.2) is 60.0 Å². The number of likely N-dealkylation sites (tertiary alicyclic amines) is 2. The number of fused-ring (bicyclic) bond motifs is 1. The Kier molecular flexibility index (Phi) is 5.62. The summed E-state index contributed by atoms with van der Waals surface area (Å²) in [5.74, 6) is 1.25. The average Bonchev–Trinajstić information content (AvgIpc) is 2.98. The number of anilines is 1. The van der Waals surface area contributed by atoms with Gasteiger partial charge in [-0.25, -0.2) is 4.98 Å². The maximum absolute atomic E-state index is 13.6. The minimum atomic E-state index is 0.132. The quantitative estimate of drug-likeness (QED) is 0.886. The standard InChI is InChI=1S/C23H30N4O/c1-24-21-16-18(11-13-25-21)23(28)27-14-7-6-10-20-22(27)19(12-15-26(20)2)17-8-4-3-5-9-17/h3-5,8-9,11,13,16,19-20,22H,6-7,10,12,14-15H2,1-2H3,(H,24,25)/t19-,20-,22-/m1/s1. The number of likely N-dealkylation sites (N-methyl/N-ethyl adjacent to an activating group) is 1. The average molecular weight is 379 g/mol. The lowest BCUT2D eigenvalue weighted by Gasteiger charge is -2.48. The molecule has 0 bridgehead atoms. The van der Waals surface area contributed by atoms with Gasteiger partial charge in [0.25, 0.3) is 5.91 Å². The van der Waals surface area contributed by atoms with E-state index in [1.54, 1.807) is 6.20 Å². The van der Waals surface area contributed by atoms with Crippen molar-refractivity contribution in [2.45, 2.75) is 43.7 Å². The Morgan fingerprint density at radius 3 is 2.71 bits per heavy atom. The Balaban J connectivity index is 1.72. The molecule has 5 heteroatoms. The van der Waals surface area contributed by atoms with Crippen molar-refractivity contribution in [3.63, 3.8) is 0 Å². The van der Waals surface area contributed by atoms with Crippen LogP contribution in [0.3, 0.4) is 0 Å². The Labute approximate surface area is 167 Å². The van der Waals surface area contributed by atoms with Crippen molar-refractivity contribution in [2.75, 3.05) is 32.5 Å². The number of aromatic nitrogens is 1. The van der Waals surface area contributed by atoms with Gasteiger partial charge in [0.2, 0.25) is 0 Å². The number of hydrogen-bond acceptors (Lipinski definition) is 4. The summed E-state index contributed by atoms with van der Waals surface area (Å²) < 4.78 is 0. The molecule has 3 heterocycles. The summed E-state index contributed by atoms with van der Waals surface area (Å²) in [7, 11) is 4.05. The molecule has 5 nitrogen and oxygen atoms in total. The Morgan fingerprint density at radius 1 is 1.11 bits per heavy atom. The van der Waals surface area contributed by atoms with E-state index in [0.717, 1.165) is 43.7 Å². The summed E-state index contributed by atoms with van der Waals surface area (Å²) in [6.45, 7) is 1.91. The predicted octanol–water partition coefficient (Wildman–Crippen LogP) is 3.61. The van der Waals surface area contributed by atoms with E-state index in [-0.39, 0.29) is 11.9 Å². The van der Waals surface area contributed by atoms with Crippen LogP contribution in [0.4, 0.5) is 5.82 Å². The van der Waals surface area contributed by atoms with Gasteiger partial charge < -0.3 is 15.1 Å². The van der Waals surface area contributed by atoms with E-state index in [0.29, 0.717) is 12.0 Å². The summed E-state index contributed by atoms with van der Waals surface area (Å²) in [4.78, 5) is 22.5. The number of nitrogens with zero attached hydrogens (tertiary/aromatic N) is 3. The molecule has 1 amide bonds. The Bertz CT molecular complexity index is 809. The number of carbonyl (C=O) groups excluding carboxylic acids is 1. The van der Waals surface area contributed by atoms with E-state index in [1.165, 1.54) is 12.0 Å². The fraction of sp³-hybridized carbons (Fsp3) is 0.478. The lowest BCUT2D eigenvalue weighted by Crippen LogP contribution is -2.58. The molecular formula is C23H30N4O. The summed E-state index contributed by atoms with van der Waals surface area (Å²) in [5, 5.41) is 3.05. The van der Waals surface area contributed by atoms with Crippen molar-refractivity contribution in [1.82, 2.24) is 14.8 Å². The number of pyridine rings is 1. The van der Waals surface area contributed by atoms with E-state index in [4.69, 9.17) is 0 Å². The Hall–Kier alpha value is -2.40. The number of carbonyl (C=O) groups is 1. The van der Waals surface area contributed by atoms with Gasteiger partial charge in [0.15, 0.2) is 0 Å². The number of amides is 1. The van der Waals surface area contributed by atoms with Crippen LogP contribution in [0.2, 0.25) is 0 Å². The first kappa shape index (κ1) is 18.9. The molecule has 2 aliphatic rings. The SMILES string of the molecule is CNc1cc(C(=O)N2CCCC[C@@H]3[C@H]2[C@@H](c2ccccc2)CCN3C)ccn1. The lowest BCUT2D eigenvalue weighted by molar-refractivity contribution is 0.0346. The summed E-state index contributed by atoms with van der Waals surface area (Å²) in [5.41, 5.74) is 2.08. The topological polar surface area (TPSA) is 48.5 Å². The van der Waals surface area contributed by atoms with E-state index >= 15 is 0 Å². The van der Waals surface area contributed by atoms with Crippen LogP contribution in [0, 0.1) is 0 Å². The molecule has 148 valence electrons. The normalized spacial score (nSPS) is 25.6. The minimum Gasteiger partial charge on any atom is -0.373 e. The predicted molar refractivity (Wildman–Crippen MR) is 113 cm³/mol. The van der Waals surface area contributed by atoms with Gasteiger partial charge in [0.1, 0.15) is 5.82 Å². The molecule has 2 aliphatic heterocycles. The van der Waals surface area contributed by atoms with Crippen molar-refractivity contribution in [1.29, 1.82) is 0 Å². The number of hydrogen-bond donors (Lipinski definition) is 1. The van der Waals surface area contributed by atoms with Crippen LogP contribution in [0.15, 0.2) is 48.7 Å². The van der Waals surface area contributed by atoms with Crippen LogP contribution in [0.1, 0.15) is 47.5 Å². The first-order valence-electron chi connectivity index (χ1n) is 10.4. The van der Waals surface area contributed by atoms with Gasteiger partial charge in [0.05, 0.1) is 6.04 Å². The molecule has 0 unspecified atom stereocenters. The first-order valence-corrected chi connectivity index (χ1v) is 10.4. The van der Waals surface area contributed by atoms with Crippen LogP contribution < -0.4 is 5.32 Å². The van der Waals surface area contributed by atoms with Crippen molar-refractivity contribution in [3.05, 3.63) is 59.8 Å². The molecular weight excluding hydrogens is 348 g/mol. The van der Waals surface area contributed by atoms with Gasteiger partial charge in [-0.3, -0.25) is 4.79 Å². The third kappa shape index (κ3) is 3.63. The molecule has 2 fully saturated rings. The third-order valence-electron chi connectivity index (χ3n) is 6.43. The van der Waals surface area contributed by atoms with E-state index in [1.807, 2.05) is 19.2 Å². The number of benzene rings is 1. The molecule has 0 aliphatic carbocycles. The van der Waals surface area contributed by atoms with Crippen molar-refractivity contribution >= 4 is 11.7 Å². The van der Waals surface area contributed by atoms with E-state index in [2.05, 4.69) is 57.5 Å². The summed E-state index contributed by atoms with van der Waals surface area (Å²) >= 11 is 0. The lowest BCUT2D eigenvalue weighted by atomic mass is 9.79. The minimum absolute atomic E-state index is 0.132. The van der Waals surface area contributed by atoms with E-state index < -0.39 is 0 Å². The van der Waals surface area contributed by atoms with Gasteiger partial charge in [-0.05, 0) is 50.6 Å². The van der Waals surface area contributed by atoms with Crippen LogP contribution in [-0.2, 0) is 0 Å². The fourth-order valence-electron chi connectivity index (χ4n) is 4.98. The molecule has 0 spiro atoms. The molecule has 1 aromatic carbocycles. The zero-order chi connectivity index (χ0) is 19.5. The monoisotopic (exact) mass is 378 g/mol. The second kappa shape index (κ2) is 8.31. The smallest absolute Gasteiger partial charge is 0.254 e. The molecule has 1 N–H and O–H groups in total. The summed E-state index contributed by atoms with van der Waals surface area (Å²) in [6.07, 6.45) is 6.21. The largest absolute Gasteiger partial charge is 0.373 e. The Morgan fingerprint density at radius 2 is 1.93 bits per heavy atom. The van der Waals surface area contributed by atoms with Crippen LogP contribution in [0.25, 0.3) is 0 Å². The fourth-order valence-corrected chi connectivity index (χ4v) is 4.98. The van der Waals surface area contributed by atoms with Gasteiger partial charge in [-0.2, -0.15) is 0 Å². The highest BCUT2D eigenvalue weighted by atomic mass is 16.2. The zero-order valence-electron chi connectivity index (χ0n) is 16.8. The van der Waals surface area contributed by atoms with Crippen molar-refractivity contribution in [3.8, 4) is 0 Å². The van der Waals surface area contributed by atoms with Crippen LogP contribution >= 0.6 is 0 Å². The summed E-state index contributed by atoms with van der Waals surface area (Å²) in [6, 6.07) is 15.1. The number of nitrogens with one attached hydrogen (secondary N) is 1. The molecule has 1 aromatic heterocycles. The van der Waals surface area contributed by atoms with Crippen molar-refractivity contribution in [2.24, 2.45) is 0 Å². The molecule has 3 atom stereocenters. The number of piperidine rings is 1. The third-order valence-corrected chi connectivity index (χ3v) is 6.43. The highest BCUT2D eigenvalue weighted by molar-refractivity contribution is 5.95. The molecule has 4 rings (SSSR count). The van der Waals surface area contributed by atoms with Crippen LogP contribution in [0.5, 0.6) is 0 Å². The van der Waals surface area contributed by atoms with Gasteiger partial charge in [-0.15, -0.1) is 0 Å². The van der Waals surface area contributed by atoms with E-state index in [9.17, 15) is 4.79 Å². The van der Waals surface area contributed by atoms with Crippen molar-refractivity contribution < 1.29 is 4.79 Å².